The van der Waals surface area contributed by atoms with Crippen LogP contribution in [0.3, 0.4) is 0 Å². The molecule has 0 aliphatic carbocycles. The fourth-order valence-corrected chi connectivity index (χ4v) is 3.41. The molecule has 0 aliphatic heterocycles. The lowest BCUT2D eigenvalue weighted by Gasteiger charge is -2.19. The average molecular weight is 374 g/mol. The van der Waals surface area contributed by atoms with E-state index in [2.05, 4.69) is 0 Å². The predicted molar refractivity (Wildman–Crippen MR) is 104 cm³/mol. The van der Waals surface area contributed by atoms with Crippen LogP contribution in [0, 0.1) is 0 Å². The summed E-state index contributed by atoms with van der Waals surface area (Å²) in [5.41, 5.74) is 0.808. The molecule has 0 heterocycles. The van der Waals surface area contributed by atoms with E-state index >= 15 is 0 Å². The second kappa shape index (κ2) is 10.6. The SMILES string of the molecule is CCOC(=O)/C=C/c1ccc(OP(OCC)c2ccccc2)c(OC)c1. The summed E-state index contributed by atoms with van der Waals surface area (Å²) >= 11 is 0. The first kappa shape index (κ1) is 20.0. The largest absolute Gasteiger partial charge is 0.493 e. The van der Waals surface area contributed by atoms with E-state index in [1.165, 1.54) is 6.08 Å². The Bertz CT molecular complexity index is 730. The Labute approximate surface area is 155 Å². The molecule has 2 rings (SSSR count). The maximum atomic E-state index is 11.4. The second-order valence-corrected chi connectivity index (χ2v) is 6.57. The average Bonchev–Trinajstić information content (AvgIpc) is 2.67. The number of hydrogen-bond acceptors (Lipinski definition) is 5. The lowest BCUT2D eigenvalue weighted by molar-refractivity contribution is -0.137. The van der Waals surface area contributed by atoms with Crippen LogP contribution < -0.4 is 14.6 Å². The molecule has 0 N–H and O–H groups in total. The first-order chi connectivity index (χ1) is 12.7. The number of esters is 1. The van der Waals surface area contributed by atoms with Gasteiger partial charge < -0.3 is 18.5 Å². The molecule has 1 unspecified atom stereocenters. The number of ether oxygens (including phenoxy) is 2. The molecular formula is C20H23O5P. The second-order valence-electron chi connectivity index (χ2n) is 5.10. The van der Waals surface area contributed by atoms with Gasteiger partial charge in [0.05, 0.1) is 20.3 Å². The molecule has 0 fully saturated rings. The molecule has 0 saturated carbocycles. The number of benzene rings is 2. The Morgan fingerprint density at radius 1 is 1.04 bits per heavy atom. The number of hydrogen-bond donors (Lipinski definition) is 0. The van der Waals surface area contributed by atoms with Gasteiger partial charge >= 0.3 is 5.97 Å². The van der Waals surface area contributed by atoms with Gasteiger partial charge in [-0.15, -0.1) is 0 Å². The first-order valence-corrected chi connectivity index (χ1v) is 9.54. The van der Waals surface area contributed by atoms with Crippen LogP contribution >= 0.6 is 8.38 Å². The van der Waals surface area contributed by atoms with Gasteiger partial charge in [0.15, 0.2) is 11.5 Å². The molecule has 1 atom stereocenters. The minimum atomic E-state index is -1.26. The quantitative estimate of drug-likeness (QED) is 0.372. The first-order valence-electron chi connectivity index (χ1n) is 8.36. The maximum absolute atomic E-state index is 11.4. The third-order valence-corrected chi connectivity index (χ3v) is 4.86. The maximum Gasteiger partial charge on any atom is 0.330 e. The van der Waals surface area contributed by atoms with E-state index in [1.54, 1.807) is 32.2 Å². The molecule has 0 bridgehead atoms. The zero-order chi connectivity index (χ0) is 18.8. The number of methoxy groups -OCH3 is 1. The molecule has 2 aromatic rings. The third-order valence-electron chi connectivity index (χ3n) is 3.28. The molecule has 0 spiro atoms. The van der Waals surface area contributed by atoms with Crippen LogP contribution in [0.2, 0.25) is 0 Å². The van der Waals surface area contributed by atoms with Crippen molar-refractivity contribution in [2.75, 3.05) is 20.3 Å². The predicted octanol–water partition coefficient (Wildman–Crippen LogP) is 4.32. The van der Waals surface area contributed by atoms with Crippen LogP contribution in [0.25, 0.3) is 6.08 Å². The van der Waals surface area contributed by atoms with E-state index < -0.39 is 8.38 Å². The van der Waals surface area contributed by atoms with Crippen LogP contribution in [0.5, 0.6) is 11.5 Å². The van der Waals surface area contributed by atoms with E-state index in [1.807, 2.05) is 43.3 Å². The van der Waals surface area contributed by atoms with Crippen LogP contribution in [-0.2, 0) is 14.1 Å². The van der Waals surface area contributed by atoms with Gasteiger partial charge in [0.25, 0.3) is 8.38 Å². The zero-order valence-corrected chi connectivity index (χ0v) is 16.1. The van der Waals surface area contributed by atoms with Crippen molar-refractivity contribution in [1.82, 2.24) is 0 Å². The molecule has 26 heavy (non-hydrogen) atoms. The third kappa shape index (κ3) is 5.87. The fraction of sp³-hybridized carbons (Fsp3) is 0.250. The van der Waals surface area contributed by atoms with Crippen LogP contribution in [0.1, 0.15) is 19.4 Å². The van der Waals surface area contributed by atoms with Crippen LogP contribution in [0.15, 0.2) is 54.6 Å². The van der Waals surface area contributed by atoms with Gasteiger partial charge in [0.1, 0.15) is 0 Å². The molecule has 0 aromatic heterocycles. The summed E-state index contributed by atoms with van der Waals surface area (Å²) in [6.45, 7) is 4.59. The molecule has 0 saturated heterocycles. The number of carbonyl (C=O) groups is 1. The van der Waals surface area contributed by atoms with Gasteiger partial charge in [0, 0.05) is 11.4 Å². The van der Waals surface area contributed by atoms with E-state index in [0.717, 1.165) is 10.9 Å². The van der Waals surface area contributed by atoms with E-state index in [9.17, 15) is 4.79 Å². The summed E-state index contributed by atoms with van der Waals surface area (Å²) < 4.78 is 22.2. The lowest BCUT2D eigenvalue weighted by atomic mass is 10.2. The van der Waals surface area contributed by atoms with Gasteiger partial charge in [-0.25, -0.2) is 4.79 Å². The van der Waals surface area contributed by atoms with E-state index in [4.69, 9.17) is 18.5 Å². The van der Waals surface area contributed by atoms with Crippen LogP contribution in [-0.4, -0.2) is 26.3 Å². The Morgan fingerprint density at radius 3 is 2.46 bits per heavy atom. The minimum absolute atomic E-state index is 0.347. The van der Waals surface area contributed by atoms with Crippen LogP contribution in [0.4, 0.5) is 0 Å². The van der Waals surface area contributed by atoms with Crippen molar-refractivity contribution in [2.24, 2.45) is 0 Å². The Kier molecular flexibility index (Phi) is 8.13. The van der Waals surface area contributed by atoms with Crippen molar-refractivity contribution in [3.63, 3.8) is 0 Å². The fourth-order valence-electron chi connectivity index (χ4n) is 2.13. The van der Waals surface area contributed by atoms with Crippen molar-refractivity contribution >= 4 is 25.7 Å². The summed E-state index contributed by atoms with van der Waals surface area (Å²) in [5.74, 6) is 0.777. The molecule has 138 valence electrons. The van der Waals surface area contributed by atoms with Crippen molar-refractivity contribution in [3.05, 3.63) is 60.2 Å². The summed E-state index contributed by atoms with van der Waals surface area (Å²) in [6.07, 6.45) is 3.06. The summed E-state index contributed by atoms with van der Waals surface area (Å²) in [6, 6.07) is 15.3. The van der Waals surface area contributed by atoms with E-state index in [-0.39, 0.29) is 5.97 Å². The standard InChI is InChI=1S/C20H23O5P/c1-4-23-20(21)14-12-16-11-13-18(19(15-16)22-3)25-26(24-5-2)17-9-7-6-8-10-17/h6-15H,4-5H2,1-3H3/b14-12+. The van der Waals surface area contributed by atoms with E-state index in [0.29, 0.717) is 24.7 Å². The molecule has 0 amide bonds. The molecule has 6 heteroatoms. The van der Waals surface area contributed by atoms with Crippen molar-refractivity contribution in [2.45, 2.75) is 13.8 Å². The Morgan fingerprint density at radius 2 is 1.81 bits per heavy atom. The summed E-state index contributed by atoms with van der Waals surface area (Å²) in [4.78, 5) is 11.4. The Balaban J connectivity index is 2.19. The highest BCUT2D eigenvalue weighted by Gasteiger charge is 2.17. The van der Waals surface area contributed by atoms with Gasteiger partial charge in [0.2, 0.25) is 0 Å². The number of carbonyl (C=O) groups excluding carboxylic acids is 1. The smallest absolute Gasteiger partial charge is 0.330 e. The Hall–Kier alpha value is -2.36. The molecule has 0 aliphatic rings. The topological polar surface area (TPSA) is 54.0 Å². The highest BCUT2D eigenvalue weighted by molar-refractivity contribution is 7.56. The van der Waals surface area contributed by atoms with Crippen molar-refractivity contribution < 1.29 is 23.3 Å². The van der Waals surface area contributed by atoms with Gasteiger partial charge in [-0.2, -0.15) is 0 Å². The summed E-state index contributed by atoms with van der Waals surface area (Å²) in [5, 5.41) is 0.984. The minimum Gasteiger partial charge on any atom is -0.493 e. The van der Waals surface area contributed by atoms with Crippen molar-refractivity contribution in [3.8, 4) is 11.5 Å². The molecule has 5 nitrogen and oxygen atoms in total. The van der Waals surface area contributed by atoms with Gasteiger partial charge in [-0.1, -0.05) is 24.3 Å². The van der Waals surface area contributed by atoms with Crippen molar-refractivity contribution in [1.29, 1.82) is 0 Å². The van der Waals surface area contributed by atoms with Gasteiger partial charge in [-0.05, 0) is 49.8 Å². The summed E-state index contributed by atoms with van der Waals surface area (Å²) in [7, 11) is 0.317. The normalized spacial score (nSPS) is 12.0. The molecule has 2 aromatic carbocycles. The van der Waals surface area contributed by atoms with Gasteiger partial charge in [-0.3, -0.25) is 0 Å². The zero-order valence-electron chi connectivity index (χ0n) is 15.2. The molecular weight excluding hydrogens is 351 g/mol. The highest BCUT2D eigenvalue weighted by Crippen LogP contribution is 2.42. The lowest BCUT2D eigenvalue weighted by Crippen LogP contribution is -2.08. The highest BCUT2D eigenvalue weighted by atomic mass is 31.2. The monoisotopic (exact) mass is 374 g/mol. The number of rotatable bonds is 9. The molecule has 0 radical (unpaired) electrons.